The van der Waals surface area contributed by atoms with Crippen molar-refractivity contribution >= 4 is 27.5 Å². The van der Waals surface area contributed by atoms with Crippen LogP contribution in [-0.2, 0) is 11.2 Å². The molecule has 0 saturated carbocycles. The van der Waals surface area contributed by atoms with Crippen molar-refractivity contribution in [3.8, 4) is 0 Å². The van der Waals surface area contributed by atoms with Crippen LogP contribution in [0, 0.1) is 0 Å². The molecule has 0 spiro atoms. The molecule has 0 aliphatic rings. The number of carbonyl (C=O) groups excluding carboxylic acids is 1. The van der Waals surface area contributed by atoms with Crippen LogP contribution in [0.25, 0.3) is 10.2 Å². The van der Waals surface area contributed by atoms with Crippen LogP contribution >= 0.6 is 11.3 Å². The van der Waals surface area contributed by atoms with Gasteiger partial charge >= 0.3 is 0 Å². The second kappa shape index (κ2) is 6.30. The monoisotopic (exact) mass is 294 g/mol. The van der Waals surface area contributed by atoms with Crippen LogP contribution in [0.4, 0.5) is 0 Å². The third kappa shape index (κ3) is 3.53. The molecular weight excluding hydrogens is 276 g/mol. The summed E-state index contributed by atoms with van der Waals surface area (Å²) in [6.45, 7) is 1.01. The van der Waals surface area contributed by atoms with Crippen LogP contribution in [0.3, 0.4) is 0 Å². The molecule has 1 aromatic heterocycles. The second-order valence-corrected chi connectivity index (χ2v) is 6.12. The van der Waals surface area contributed by atoms with Crippen molar-refractivity contribution in [3.05, 3.63) is 29.3 Å². The number of para-hydroxylation sites is 1. The van der Waals surface area contributed by atoms with Crippen molar-refractivity contribution in [2.24, 2.45) is 0 Å². The lowest BCUT2D eigenvalue weighted by molar-refractivity contribution is -0.124. The van der Waals surface area contributed by atoms with Gasteiger partial charge in [0.2, 0.25) is 5.91 Å². The van der Waals surface area contributed by atoms with Crippen LogP contribution in [0.15, 0.2) is 24.3 Å². The van der Waals surface area contributed by atoms with Crippen molar-refractivity contribution in [3.63, 3.8) is 0 Å². The number of fused-ring (bicyclic) bond motifs is 1. The van der Waals surface area contributed by atoms with Gasteiger partial charge in [-0.05, 0) is 19.1 Å². The minimum absolute atomic E-state index is 0.199. The van der Waals surface area contributed by atoms with Gasteiger partial charge in [-0.1, -0.05) is 12.1 Å². The van der Waals surface area contributed by atoms with Crippen LogP contribution in [0.1, 0.15) is 18.4 Å². The third-order valence-corrected chi connectivity index (χ3v) is 4.14. The van der Waals surface area contributed by atoms with E-state index in [0.717, 1.165) is 15.2 Å². The van der Waals surface area contributed by atoms with Crippen molar-refractivity contribution < 1.29 is 15.0 Å². The molecule has 0 aliphatic carbocycles. The normalized spacial score (nSPS) is 11.8. The van der Waals surface area contributed by atoms with Gasteiger partial charge in [0.15, 0.2) is 0 Å². The zero-order valence-corrected chi connectivity index (χ0v) is 12.1. The number of hydrogen-bond acceptors (Lipinski definition) is 5. The number of nitrogens with one attached hydrogen (secondary N) is 1. The number of aromatic nitrogens is 1. The van der Waals surface area contributed by atoms with E-state index in [1.807, 2.05) is 24.3 Å². The van der Waals surface area contributed by atoms with Gasteiger partial charge in [0.05, 0.1) is 34.0 Å². The lowest BCUT2D eigenvalue weighted by atomic mass is 10.1. The van der Waals surface area contributed by atoms with Crippen molar-refractivity contribution in [2.45, 2.75) is 25.3 Å². The van der Waals surface area contributed by atoms with E-state index in [0.29, 0.717) is 6.42 Å². The maximum Gasteiger partial charge on any atom is 0.220 e. The van der Waals surface area contributed by atoms with Crippen molar-refractivity contribution in [1.82, 2.24) is 10.3 Å². The number of aliphatic hydroxyl groups is 2. The second-order valence-electron chi connectivity index (χ2n) is 5.00. The Labute approximate surface area is 121 Å². The molecule has 108 valence electrons. The van der Waals surface area contributed by atoms with E-state index in [4.69, 9.17) is 10.2 Å². The number of aryl methyl sites for hydroxylation is 1. The fourth-order valence-electron chi connectivity index (χ4n) is 1.78. The molecule has 1 heterocycles. The van der Waals surface area contributed by atoms with E-state index < -0.39 is 5.54 Å². The molecule has 5 nitrogen and oxygen atoms in total. The van der Waals surface area contributed by atoms with Crippen LogP contribution in [0.2, 0.25) is 0 Å². The van der Waals surface area contributed by atoms with Gasteiger partial charge in [0.1, 0.15) is 0 Å². The Kier molecular flexibility index (Phi) is 4.69. The largest absolute Gasteiger partial charge is 0.394 e. The summed E-state index contributed by atoms with van der Waals surface area (Å²) in [4.78, 5) is 16.3. The van der Waals surface area contributed by atoms with Crippen LogP contribution < -0.4 is 5.32 Å². The summed E-state index contributed by atoms with van der Waals surface area (Å²) in [5.41, 5.74) is -0.0199. The quantitative estimate of drug-likeness (QED) is 0.745. The highest BCUT2D eigenvalue weighted by Gasteiger charge is 2.24. The lowest BCUT2D eigenvalue weighted by Gasteiger charge is -2.26. The first-order valence-electron chi connectivity index (χ1n) is 6.43. The Hall–Kier alpha value is -1.50. The zero-order valence-electron chi connectivity index (χ0n) is 11.3. The molecule has 6 heteroatoms. The van der Waals surface area contributed by atoms with Gasteiger partial charge < -0.3 is 15.5 Å². The number of amides is 1. The highest BCUT2D eigenvalue weighted by Crippen LogP contribution is 2.22. The number of rotatable bonds is 6. The lowest BCUT2D eigenvalue weighted by Crippen LogP contribution is -2.51. The SMILES string of the molecule is CC(CO)(CO)NC(=O)CCc1nc2ccccc2s1. The van der Waals surface area contributed by atoms with Gasteiger partial charge in [-0.15, -0.1) is 11.3 Å². The summed E-state index contributed by atoms with van der Waals surface area (Å²) in [5, 5.41) is 21.8. The Balaban J connectivity index is 1.93. The predicted molar refractivity (Wildman–Crippen MR) is 78.7 cm³/mol. The molecule has 0 bridgehead atoms. The van der Waals surface area contributed by atoms with Gasteiger partial charge in [0, 0.05) is 12.8 Å². The summed E-state index contributed by atoms with van der Waals surface area (Å²) in [6.07, 6.45) is 0.841. The highest BCUT2D eigenvalue weighted by molar-refractivity contribution is 7.18. The van der Waals surface area contributed by atoms with E-state index in [1.54, 1.807) is 18.3 Å². The minimum Gasteiger partial charge on any atom is -0.394 e. The van der Waals surface area contributed by atoms with E-state index in [9.17, 15) is 4.79 Å². The third-order valence-electron chi connectivity index (χ3n) is 3.04. The first-order valence-corrected chi connectivity index (χ1v) is 7.25. The Morgan fingerprint density at radius 3 is 2.70 bits per heavy atom. The topological polar surface area (TPSA) is 82.5 Å². The molecule has 20 heavy (non-hydrogen) atoms. The minimum atomic E-state index is -0.968. The summed E-state index contributed by atoms with van der Waals surface area (Å²) in [7, 11) is 0. The molecule has 0 atom stereocenters. The van der Waals surface area contributed by atoms with E-state index >= 15 is 0 Å². The fraction of sp³-hybridized carbons (Fsp3) is 0.429. The van der Waals surface area contributed by atoms with E-state index in [1.165, 1.54) is 0 Å². The van der Waals surface area contributed by atoms with Gasteiger partial charge in [-0.2, -0.15) is 0 Å². The number of benzene rings is 1. The number of nitrogens with zero attached hydrogens (tertiary/aromatic N) is 1. The Morgan fingerprint density at radius 2 is 2.05 bits per heavy atom. The van der Waals surface area contributed by atoms with Gasteiger partial charge in [-0.25, -0.2) is 4.98 Å². The first-order chi connectivity index (χ1) is 9.56. The van der Waals surface area contributed by atoms with Crippen LogP contribution in [0.5, 0.6) is 0 Å². The average molecular weight is 294 g/mol. The number of thiazole rings is 1. The van der Waals surface area contributed by atoms with E-state index in [-0.39, 0.29) is 25.5 Å². The fourth-order valence-corrected chi connectivity index (χ4v) is 2.74. The molecular formula is C14H18N2O3S. The maximum absolute atomic E-state index is 11.8. The van der Waals surface area contributed by atoms with Gasteiger partial charge in [-0.3, -0.25) is 4.79 Å². The molecule has 0 fully saturated rings. The molecule has 0 radical (unpaired) electrons. The first kappa shape index (κ1) is 14.9. The summed E-state index contributed by atoms with van der Waals surface area (Å²) in [5.74, 6) is -0.199. The molecule has 1 aromatic carbocycles. The molecule has 2 rings (SSSR count). The number of carbonyl (C=O) groups is 1. The number of aliphatic hydroxyl groups excluding tert-OH is 2. The van der Waals surface area contributed by atoms with Crippen LogP contribution in [-0.4, -0.2) is 39.9 Å². The zero-order chi connectivity index (χ0) is 14.6. The smallest absolute Gasteiger partial charge is 0.220 e. The summed E-state index contributed by atoms with van der Waals surface area (Å²) >= 11 is 1.58. The summed E-state index contributed by atoms with van der Waals surface area (Å²) in [6, 6.07) is 7.85. The Bertz CT molecular complexity index is 560. The Morgan fingerprint density at radius 1 is 1.35 bits per heavy atom. The van der Waals surface area contributed by atoms with Gasteiger partial charge in [0.25, 0.3) is 0 Å². The molecule has 0 aliphatic heterocycles. The van der Waals surface area contributed by atoms with Crippen molar-refractivity contribution in [1.29, 1.82) is 0 Å². The molecule has 3 N–H and O–H groups in total. The molecule has 1 amide bonds. The predicted octanol–water partition coefficient (Wildman–Crippen LogP) is 1.09. The van der Waals surface area contributed by atoms with E-state index in [2.05, 4.69) is 10.3 Å². The summed E-state index contributed by atoms with van der Waals surface area (Å²) < 4.78 is 1.11. The average Bonchev–Trinajstić information content (AvgIpc) is 2.88. The number of hydrogen-bond donors (Lipinski definition) is 3. The maximum atomic E-state index is 11.8. The molecule has 2 aromatic rings. The molecule has 0 saturated heterocycles. The highest BCUT2D eigenvalue weighted by atomic mass is 32.1. The van der Waals surface area contributed by atoms with Crippen molar-refractivity contribution in [2.75, 3.05) is 13.2 Å². The molecule has 0 unspecified atom stereocenters. The standard InChI is InChI=1S/C14H18N2O3S/c1-14(8-17,9-18)16-12(19)6-7-13-15-10-4-2-3-5-11(10)20-13/h2-5,17-18H,6-9H2,1H3,(H,16,19).